The number of carbonyl (C=O) groups is 1. The van der Waals surface area contributed by atoms with Crippen molar-refractivity contribution in [2.24, 2.45) is 0 Å². The smallest absolute Gasteiger partial charge is 0.226 e. The molecule has 3 rings (SSSR count). The van der Waals surface area contributed by atoms with Crippen molar-refractivity contribution < 1.29 is 4.79 Å². The first kappa shape index (κ1) is 16.3. The molecule has 1 unspecified atom stereocenters. The average molecular weight is 372 g/mol. The summed E-state index contributed by atoms with van der Waals surface area (Å²) in [5, 5.41) is 17.3. The summed E-state index contributed by atoms with van der Waals surface area (Å²) in [6, 6.07) is 2.01. The minimum atomic E-state index is 0.0430. The minimum absolute atomic E-state index is 0.0430. The van der Waals surface area contributed by atoms with Crippen molar-refractivity contribution >= 4 is 55.3 Å². The van der Waals surface area contributed by atoms with Crippen LogP contribution in [0.5, 0.6) is 0 Å². The van der Waals surface area contributed by atoms with Gasteiger partial charge in [0.05, 0.1) is 0 Å². The fourth-order valence-corrected chi connectivity index (χ4v) is 6.68. The second-order valence-corrected chi connectivity index (χ2v) is 9.59. The lowest BCUT2D eigenvalue weighted by Gasteiger charge is -2.06. The number of anilines is 1. The number of hydrogen-bond acceptors (Lipinski definition) is 7. The van der Waals surface area contributed by atoms with E-state index in [1.165, 1.54) is 29.9 Å². The zero-order valence-electron chi connectivity index (χ0n) is 12.0. The van der Waals surface area contributed by atoms with Gasteiger partial charge in [-0.15, -0.1) is 10.2 Å². The van der Waals surface area contributed by atoms with Gasteiger partial charge in [0.1, 0.15) is 5.01 Å². The zero-order chi connectivity index (χ0) is 15.2. The summed E-state index contributed by atoms with van der Waals surface area (Å²) in [5.74, 6) is 1.32. The van der Waals surface area contributed by atoms with Gasteiger partial charge >= 0.3 is 0 Å². The molecule has 3 heterocycles. The molecule has 1 aliphatic rings. The topological polar surface area (TPSA) is 54.9 Å². The number of rotatable bonds is 7. The Bertz CT molecular complexity index is 593. The van der Waals surface area contributed by atoms with Gasteiger partial charge in [-0.2, -0.15) is 11.3 Å². The first-order valence-electron chi connectivity index (χ1n) is 7.25. The minimum Gasteiger partial charge on any atom is -0.301 e. The number of unbranched alkanes of at least 4 members (excludes halogenated alkanes) is 1. The van der Waals surface area contributed by atoms with Gasteiger partial charge < -0.3 is 5.32 Å². The molecular formula is C14H17N3OS4. The largest absolute Gasteiger partial charge is 0.301 e. The summed E-state index contributed by atoms with van der Waals surface area (Å²) < 4.78 is 0. The number of carbonyl (C=O) groups excluding carboxylic acids is 1. The lowest BCUT2D eigenvalue weighted by Crippen LogP contribution is -2.11. The lowest BCUT2D eigenvalue weighted by molar-refractivity contribution is -0.116. The van der Waals surface area contributed by atoms with Crippen LogP contribution in [0.4, 0.5) is 5.13 Å². The van der Waals surface area contributed by atoms with E-state index in [0.717, 1.165) is 28.7 Å². The van der Waals surface area contributed by atoms with Gasteiger partial charge in [-0.1, -0.05) is 39.3 Å². The maximum Gasteiger partial charge on any atom is 0.226 e. The Kier molecular flexibility index (Phi) is 6.17. The predicted molar refractivity (Wildman–Crippen MR) is 98.8 cm³/mol. The van der Waals surface area contributed by atoms with E-state index in [1.54, 1.807) is 11.3 Å². The van der Waals surface area contributed by atoms with Crippen molar-refractivity contribution in [1.82, 2.24) is 10.2 Å². The number of nitrogens with zero attached hydrogens (tertiary/aromatic N) is 2. The van der Waals surface area contributed by atoms with E-state index < -0.39 is 0 Å². The highest BCUT2D eigenvalue weighted by Crippen LogP contribution is 2.39. The molecule has 0 radical (unpaired) electrons. The molecule has 1 saturated heterocycles. The molecule has 2 aromatic heterocycles. The molecule has 2 aromatic rings. The van der Waals surface area contributed by atoms with Crippen molar-refractivity contribution in [2.45, 2.75) is 37.4 Å². The molecule has 0 aliphatic carbocycles. The number of hydrogen-bond donors (Lipinski definition) is 1. The van der Waals surface area contributed by atoms with Gasteiger partial charge in [0.15, 0.2) is 0 Å². The van der Waals surface area contributed by atoms with Crippen LogP contribution in [0, 0.1) is 0 Å². The number of nitrogens with one attached hydrogen (secondary N) is 1. The highest BCUT2D eigenvalue weighted by Gasteiger charge is 2.16. The molecule has 22 heavy (non-hydrogen) atoms. The van der Waals surface area contributed by atoms with Gasteiger partial charge in [0.2, 0.25) is 11.0 Å². The normalized spacial score (nSPS) is 17.7. The van der Waals surface area contributed by atoms with E-state index in [9.17, 15) is 4.79 Å². The summed E-state index contributed by atoms with van der Waals surface area (Å²) in [6.45, 7) is 0. The van der Waals surface area contributed by atoms with Gasteiger partial charge in [-0.25, -0.2) is 0 Å². The quantitative estimate of drug-likeness (QED) is 0.553. The fraction of sp³-hybridized carbons (Fsp3) is 0.500. The standard InChI is InChI=1S/C14H17N3OS4/c18-12(4-2-1-3-11-6-8-20-22-11)15-14-17-16-13(21-14)10-5-7-19-9-10/h5,7,9,11H,1-4,6,8H2,(H,15,17,18). The van der Waals surface area contributed by atoms with Gasteiger partial charge in [-0.05, 0) is 30.7 Å². The van der Waals surface area contributed by atoms with Crippen LogP contribution in [-0.4, -0.2) is 27.1 Å². The van der Waals surface area contributed by atoms with E-state index in [2.05, 4.69) is 15.5 Å². The van der Waals surface area contributed by atoms with Crippen molar-refractivity contribution in [2.75, 3.05) is 11.1 Å². The van der Waals surface area contributed by atoms with E-state index in [4.69, 9.17) is 0 Å². The van der Waals surface area contributed by atoms with Gasteiger partial charge in [-0.3, -0.25) is 4.79 Å². The lowest BCUT2D eigenvalue weighted by atomic mass is 10.1. The van der Waals surface area contributed by atoms with Gasteiger partial charge in [0.25, 0.3) is 0 Å². The molecule has 0 spiro atoms. The molecule has 1 N–H and O–H groups in total. The van der Waals surface area contributed by atoms with Crippen LogP contribution in [0.15, 0.2) is 16.8 Å². The maximum atomic E-state index is 11.9. The molecule has 1 fully saturated rings. The van der Waals surface area contributed by atoms with E-state index in [1.807, 2.05) is 38.4 Å². The zero-order valence-corrected chi connectivity index (χ0v) is 15.3. The molecule has 0 saturated carbocycles. The van der Waals surface area contributed by atoms with Crippen molar-refractivity contribution in [3.63, 3.8) is 0 Å². The van der Waals surface area contributed by atoms with Crippen LogP contribution in [0.3, 0.4) is 0 Å². The summed E-state index contributed by atoms with van der Waals surface area (Å²) in [5.41, 5.74) is 1.06. The molecular weight excluding hydrogens is 354 g/mol. The molecule has 4 nitrogen and oxygen atoms in total. The van der Waals surface area contributed by atoms with Gasteiger partial charge in [0, 0.05) is 28.4 Å². The Hall–Kier alpha value is -0.570. The van der Waals surface area contributed by atoms with E-state index in [-0.39, 0.29) is 5.91 Å². The SMILES string of the molecule is O=C(CCCCC1CCSS1)Nc1nnc(-c2ccsc2)s1. The second kappa shape index (κ2) is 8.33. The Morgan fingerprint density at radius 1 is 1.36 bits per heavy atom. The Balaban J connectivity index is 1.38. The van der Waals surface area contributed by atoms with Crippen LogP contribution >= 0.6 is 44.3 Å². The summed E-state index contributed by atoms with van der Waals surface area (Å²) in [4.78, 5) is 11.9. The Morgan fingerprint density at radius 2 is 2.32 bits per heavy atom. The molecule has 1 atom stereocenters. The summed E-state index contributed by atoms with van der Waals surface area (Å²) >= 11 is 3.05. The molecule has 0 aromatic carbocycles. The highest BCUT2D eigenvalue weighted by atomic mass is 33.1. The number of thiophene rings is 1. The molecule has 8 heteroatoms. The van der Waals surface area contributed by atoms with Crippen LogP contribution in [0.1, 0.15) is 32.1 Å². The van der Waals surface area contributed by atoms with Crippen molar-refractivity contribution in [1.29, 1.82) is 0 Å². The Morgan fingerprint density at radius 3 is 3.09 bits per heavy atom. The molecule has 118 valence electrons. The summed E-state index contributed by atoms with van der Waals surface area (Å²) in [7, 11) is 3.98. The molecule has 1 amide bonds. The molecule has 0 bridgehead atoms. The first-order valence-corrected chi connectivity index (χ1v) is 11.4. The van der Waals surface area contributed by atoms with Crippen LogP contribution in [0.25, 0.3) is 10.6 Å². The number of amides is 1. The van der Waals surface area contributed by atoms with Crippen LogP contribution in [-0.2, 0) is 4.79 Å². The average Bonchev–Trinajstić information content (AvgIpc) is 3.24. The first-order chi connectivity index (χ1) is 10.8. The van der Waals surface area contributed by atoms with E-state index >= 15 is 0 Å². The third-order valence-corrected chi connectivity index (χ3v) is 7.92. The van der Waals surface area contributed by atoms with Crippen LogP contribution < -0.4 is 5.32 Å². The highest BCUT2D eigenvalue weighted by molar-refractivity contribution is 8.77. The Labute approximate surface area is 145 Å². The van der Waals surface area contributed by atoms with Crippen molar-refractivity contribution in [3.8, 4) is 10.6 Å². The summed E-state index contributed by atoms with van der Waals surface area (Å²) in [6.07, 6.45) is 5.19. The monoisotopic (exact) mass is 371 g/mol. The fourth-order valence-electron chi connectivity index (χ4n) is 2.18. The van der Waals surface area contributed by atoms with Crippen molar-refractivity contribution in [3.05, 3.63) is 16.8 Å². The number of aromatic nitrogens is 2. The third-order valence-electron chi connectivity index (χ3n) is 3.35. The predicted octanol–water partition coefficient (Wildman–Crippen LogP) is 4.92. The maximum absolute atomic E-state index is 11.9. The third kappa shape index (κ3) is 4.71. The van der Waals surface area contributed by atoms with E-state index in [0.29, 0.717) is 11.6 Å². The van der Waals surface area contributed by atoms with Crippen LogP contribution in [0.2, 0.25) is 0 Å². The molecule has 1 aliphatic heterocycles. The second-order valence-electron chi connectivity index (χ2n) is 5.05.